The van der Waals surface area contributed by atoms with Crippen LogP contribution in [0.2, 0.25) is 0 Å². The average Bonchev–Trinajstić information content (AvgIpc) is 3.94. The Kier molecular flexibility index (Phi) is 20.5. The summed E-state index contributed by atoms with van der Waals surface area (Å²) in [4.78, 5) is 20.7. The quantitative estimate of drug-likeness (QED) is 0.0512. The Bertz CT molecular complexity index is 1560. The number of nitro benzene ring substituents is 1. The number of phenolic OH excluding ortho intramolecular Hbond substituents is 1. The number of epoxide rings is 2. The molecule has 2 aliphatic heterocycles. The molecule has 3 N–H and O–H groups in total. The molecule has 2 heterocycles. The van der Waals surface area contributed by atoms with E-state index < -0.39 is 26.4 Å². The van der Waals surface area contributed by atoms with Gasteiger partial charge in [-0.15, -0.1) is 0 Å². The first kappa shape index (κ1) is 43.3. The Labute approximate surface area is 344 Å². The van der Waals surface area contributed by atoms with Crippen molar-refractivity contribution in [2.24, 2.45) is 0 Å². The zero-order chi connectivity index (χ0) is 31.9. The third-order valence-electron chi connectivity index (χ3n) is 5.29. The van der Waals surface area contributed by atoms with Gasteiger partial charge in [0.15, 0.2) is 0 Å². The van der Waals surface area contributed by atoms with Crippen LogP contribution in [0.5, 0.6) is 11.5 Å². The Hall–Kier alpha value is -1.67. The van der Waals surface area contributed by atoms with Gasteiger partial charge in [0, 0.05) is 12.1 Å². The van der Waals surface area contributed by atoms with Crippen LogP contribution >= 0.6 is 0 Å². The Morgan fingerprint density at radius 3 is 1.98 bits per heavy atom. The van der Waals surface area contributed by atoms with E-state index in [1.165, 1.54) is 24.3 Å². The number of carbonyl (C=O) groups excluding carboxylic acids is 1. The molecule has 2 saturated heterocycles. The number of carbonyl (C=O) groups is 1. The zero-order valence-corrected chi connectivity index (χ0v) is 31.3. The van der Waals surface area contributed by atoms with Crippen molar-refractivity contribution >= 4 is 21.8 Å². The molecular formula is C27H27K2N3O12S. The van der Waals surface area contributed by atoms with Crippen molar-refractivity contribution in [3.63, 3.8) is 0 Å². The van der Waals surface area contributed by atoms with Gasteiger partial charge < -0.3 is 40.0 Å². The fourth-order valence-electron chi connectivity index (χ4n) is 3.05. The van der Waals surface area contributed by atoms with Gasteiger partial charge in [-0.2, -0.15) is 10.5 Å². The summed E-state index contributed by atoms with van der Waals surface area (Å²) in [6, 6.07) is 22.1. The van der Waals surface area contributed by atoms with Crippen molar-refractivity contribution in [2.75, 3.05) is 25.6 Å². The van der Waals surface area contributed by atoms with Gasteiger partial charge in [0.05, 0.1) is 46.0 Å². The number of nitrogens with zero attached hydrogens (tertiary/aromatic N) is 3. The standard InChI is InChI=1S/C10H9NO2.C9H11NO6S.C7H5NO.CH2O3.2K.H/c11-5-8-3-1-2-4-10(8)13-7-9-6-12-9;11-10(12)7-2-1-3-9(4-7)17(13,14,15)6-8-5-16-8;8-5-6-3-1-2-4-7(6)9;2-1-4-3;;;/h1-4,9H,6-7H2;1-4,8H,5-6H2,(H2,13,14,15);1-4,9H;1,3H;;;/q;;;;2*+1;-1/p-1/t9-;8-;;;;;/m00...../s1. The van der Waals surface area contributed by atoms with Gasteiger partial charge in [-0.1, -0.05) is 30.3 Å². The minimum Gasteiger partial charge on any atom is -1.00 e. The maximum atomic E-state index is 12.0. The molecule has 45 heavy (non-hydrogen) atoms. The molecule has 2 fully saturated rings. The van der Waals surface area contributed by atoms with E-state index >= 15 is 0 Å². The third kappa shape index (κ3) is 16.6. The van der Waals surface area contributed by atoms with Gasteiger partial charge in [-0.25, -0.2) is 4.21 Å². The van der Waals surface area contributed by atoms with Gasteiger partial charge in [0.25, 0.3) is 12.2 Å². The molecule has 0 bridgehead atoms. The van der Waals surface area contributed by atoms with Gasteiger partial charge in [-0.3, -0.25) is 14.9 Å². The van der Waals surface area contributed by atoms with Crippen LogP contribution < -0.4 is 113 Å². The first-order valence-corrected chi connectivity index (χ1v) is 14.1. The minimum absolute atomic E-state index is 0. The van der Waals surface area contributed by atoms with Gasteiger partial charge in [0.1, 0.15) is 46.0 Å². The first-order valence-electron chi connectivity index (χ1n) is 12.1. The van der Waals surface area contributed by atoms with Gasteiger partial charge >= 0.3 is 103 Å². The van der Waals surface area contributed by atoms with Crippen LogP contribution in [0.15, 0.2) is 77.7 Å². The summed E-state index contributed by atoms with van der Waals surface area (Å²) >= 11 is 0. The van der Waals surface area contributed by atoms with Crippen LogP contribution in [0.25, 0.3) is 0 Å². The third-order valence-corrected chi connectivity index (χ3v) is 7.46. The molecule has 3 aromatic rings. The fourth-order valence-corrected chi connectivity index (χ4v) is 4.81. The monoisotopic (exact) mass is 695 g/mol. The van der Waals surface area contributed by atoms with Crippen molar-refractivity contribution in [1.29, 1.82) is 10.5 Å². The molecule has 3 aromatic carbocycles. The predicted molar refractivity (Wildman–Crippen MR) is 147 cm³/mol. The van der Waals surface area contributed by atoms with Crippen LogP contribution in [-0.4, -0.2) is 67.6 Å². The van der Waals surface area contributed by atoms with Crippen LogP contribution in [-0.2, 0) is 28.8 Å². The number of rotatable bonds is 8. The minimum atomic E-state index is -5.05. The van der Waals surface area contributed by atoms with Crippen LogP contribution in [0, 0.1) is 32.8 Å². The molecule has 0 aromatic heterocycles. The summed E-state index contributed by atoms with van der Waals surface area (Å²) in [5.41, 5.74) is 0.543. The second-order valence-corrected chi connectivity index (χ2v) is 11.4. The van der Waals surface area contributed by atoms with Crippen molar-refractivity contribution < 1.29 is 157 Å². The predicted octanol–water partition coefficient (Wildman–Crippen LogP) is -3.73. The molecule has 0 amide bonds. The maximum Gasteiger partial charge on any atom is 1.00 e. The van der Waals surface area contributed by atoms with Crippen molar-refractivity contribution in [3.05, 3.63) is 94.0 Å². The Balaban J connectivity index is 0. The van der Waals surface area contributed by atoms with Gasteiger partial charge in [0.2, 0.25) is 0 Å². The topological polar surface area (TPSA) is 252 Å². The van der Waals surface area contributed by atoms with E-state index in [4.69, 9.17) is 39.9 Å². The molecule has 0 radical (unpaired) electrons. The number of nitriles is 2. The number of phenols is 1. The second-order valence-electron chi connectivity index (χ2n) is 8.59. The summed E-state index contributed by atoms with van der Waals surface area (Å²) in [5, 5.41) is 44.9. The van der Waals surface area contributed by atoms with E-state index in [0.717, 1.165) is 12.7 Å². The van der Waals surface area contributed by atoms with E-state index in [-0.39, 0.29) is 133 Å². The summed E-state index contributed by atoms with van der Waals surface area (Å²) in [7, 11) is -5.05. The molecule has 230 valence electrons. The number of ether oxygens (including phenoxy) is 3. The summed E-state index contributed by atoms with van der Waals surface area (Å²) < 4.78 is 46.8. The van der Waals surface area contributed by atoms with Crippen LogP contribution in [0.1, 0.15) is 12.6 Å². The van der Waals surface area contributed by atoms with Crippen LogP contribution in [0.3, 0.4) is 0 Å². The molecular weight excluding hydrogens is 669 g/mol. The molecule has 0 unspecified atom stereocenters. The molecule has 15 nitrogen and oxygen atoms in total. The van der Waals surface area contributed by atoms with Gasteiger partial charge in [-0.05, 0) is 30.3 Å². The SMILES string of the molecule is N#Cc1ccccc1O.N#Cc1ccccc1OC[C@@H]1CO1.O=CO[O-].O=[N+]([O-])c1cccc(S(=O)(O)(O)C[C@@H]2CO2)c1.[H-].[K+].[K+]. The number of benzene rings is 3. The van der Waals surface area contributed by atoms with E-state index in [2.05, 4.69) is 11.0 Å². The molecule has 0 aliphatic carbocycles. The van der Waals surface area contributed by atoms with E-state index in [9.17, 15) is 23.4 Å². The molecule has 0 spiro atoms. The summed E-state index contributed by atoms with van der Waals surface area (Å²) in [6.45, 7) is 1.44. The number of hydrogen-bond donors (Lipinski definition) is 3. The molecule has 18 heteroatoms. The van der Waals surface area contributed by atoms with E-state index in [1.807, 2.05) is 18.2 Å². The zero-order valence-electron chi connectivity index (χ0n) is 25.3. The number of para-hydroxylation sites is 2. The summed E-state index contributed by atoms with van der Waals surface area (Å²) in [6.07, 6.45) is -0.240. The molecule has 2 aliphatic rings. The second kappa shape index (κ2) is 21.3. The first-order chi connectivity index (χ1) is 20.4. The Morgan fingerprint density at radius 1 is 0.978 bits per heavy atom. The van der Waals surface area contributed by atoms with Crippen molar-refractivity contribution in [3.8, 4) is 23.6 Å². The van der Waals surface area contributed by atoms with Crippen LogP contribution in [0.4, 0.5) is 5.69 Å². The molecule has 2 atom stereocenters. The number of hydrogen-bond acceptors (Lipinski definition) is 12. The molecule has 5 rings (SSSR count). The number of non-ortho nitro benzene ring substituents is 1. The van der Waals surface area contributed by atoms with E-state index in [0.29, 0.717) is 30.1 Å². The van der Waals surface area contributed by atoms with E-state index in [1.54, 1.807) is 30.3 Å². The number of aromatic hydroxyl groups is 1. The largest absolute Gasteiger partial charge is 1.00 e. The summed E-state index contributed by atoms with van der Waals surface area (Å²) in [5.74, 6) is 0.221. The normalized spacial score (nSPS) is 15.8. The fraction of sp³-hybridized carbons (Fsp3) is 0.222. The number of nitro groups is 1. The maximum absolute atomic E-state index is 12.0. The Morgan fingerprint density at radius 2 is 1.51 bits per heavy atom. The molecule has 0 saturated carbocycles. The average molecular weight is 696 g/mol. The van der Waals surface area contributed by atoms with Crippen molar-refractivity contribution in [1.82, 2.24) is 0 Å². The smallest absolute Gasteiger partial charge is 1.00 e. The van der Waals surface area contributed by atoms with Crippen molar-refractivity contribution in [2.45, 2.75) is 17.1 Å².